The van der Waals surface area contributed by atoms with Crippen molar-refractivity contribution in [3.63, 3.8) is 0 Å². The van der Waals surface area contributed by atoms with Crippen molar-refractivity contribution in [3.8, 4) is 23.0 Å². The molecular weight excluding hydrogens is 865 g/mol. The Kier molecular flexibility index (Phi) is 36.1. The number of hydrogen-bond donors (Lipinski definition) is 12. The van der Waals surface area contributed by atoms with Crippen molar-refractivity contribution in [2.24, 2.45) is 68.8 Å². The predicted molar refractivity (Wildman–Crippen MR) is 260 cm³/mol. The summed E-state index contributed by atoms with van der Waals surface area (Å²) in [6, 6.07) is 12.2. The molecule has 0 bridgehead atoms. The lowest BCUT2D eigenvalue weighted by Crippen LogP contribution is -2.18. The van der Waals surface area contributed by atoms with Crippen LogP contribution in [0.2, 0.25) is 0 Å². The number of fused-ring (bicyclic) bond motifs is 2. The van der Waals surface area contributed by atoms with Gasteiger partial charge in [-0.3, -0.25) is 0 Å². The monoisotopic (exact) mass is 928 g/mol. The first kappa shape index (κ1) is 60.4. The first-order valence-corrected chi connectivity index (χ1v) is 19.2. The maximum absolute atomic E-state index is 6.03. The molecule has 0 saturated heterocycles. The lowest BCUT2D eigenvalue weighted by molar-refractivity contribution is 0.0639. The molecule has 1 aliphatic rings. The molecule has 0 aromatic heterocycles. The van der Waals surface area contributed by atoms with Gasteiger partial charge in [-0.05, 0) is 120 Å². The largest absolute Gasteiger partial charge is 0.487 e. The fourth-order valence-electron chi connectivity index (χ4n) is 3.46. The molecule has 24 N–H and O–H groups in total. The molecule has 0 unspecified atom stereocenters. The normalized spacial score (nSPS) is 12.4. The minimum atomic E-state index is 0.000000000000000222. The summed E-state index contributed by atoms with van der Waals surface area (Å²) in [6.07, 6.45) is 0. The van der Waals surface area contributed by atoms with E-state index in [2.05, 4.69) is 208 Å². The van der Waals surface area contributed by atoms with Crippen LogP contribution in [0.3, 0.4) is 0 Å². The van der Waals surface area contributed by atoms with Crippen molar-refractivity contribution < 1.29 is 28.4 Å². The summed E-state index contributed by atoms with van der Waals surface area (Å²) >= 11 is 24.6. The Labute approximate surface area is 374 Å². The van der Waals surface area contributed by atoms with Gasteiger partial charge in [0, 0.05) is 0 Å². The summed E-state index contributed by atoms with van der Waals surface area (Å²) in [5.41, 5.74) is 57.9. The topological polar surface area (TPSA) is 368 Å². The molecule has 0 radical (unpaired) electrons. The molecule has 1 heterocycles. The smallest absolute Gasteiger partial charge is 0.161 e. The average Bonchev–Trinajstić information content (AvgIpc) is 3.02. The second kappa shape index (κ2) is 34.7. The van der Waals surface area contributed by atoms with E-state index in [0.717, 1.165) is 11.5 Å². The van der Waals surface area contributed by atoms with Gasteiger partial charge in [0.1, 0.15) is 26.4 Å². The molecule has 1 aliphatic heterocycles. The highest BCUT2D eigenvalue weighted by Gasteiger charge is 2.18. The number of nitrogens with two attached hydrogens (primary N) is 12. The fourth-order valence-corrected chi connectivity index (χ4v) is 3.46. The summed E-state index contributed by atoms with van der Waals surface area (Å²) in [7, 11) is 0. The molecule has 58 heavy (non-hydrogen) atoms. The maximum Gasteiger partial charge on any atom is 0.161 e. The van der Waals surface area contributed by atoms with Crippen molar-refractivity contribution in [2.75, 3.05) is 52.9 Å². The van der Waals surface area contributed by atoms with Crippen LogP contribution in [0.1, 0.15) is 52.7 Å². The zero-order valence-corrected chi connectivity index (χ0v) is 38.8. The van der Waals surface area contributed by atoms with E-state index in [4.69, 9.17) is 28.4 Å². The van der Waals surface area contributed by atoms with Crippen molar-refractivity contribution in [1.29, 1.82) is 0 Å². The predicted octanol–water partition coefficient (Wildman–Crippen LogP) is 0.676. The van der Waals surface area contributed by atoms with E-state index >= 15 is 0 Å². The fraction of sp³-hybridized carbons (Fsp3) is 0.471. The Balaban J connectivity index is -0.000000495. The number of benzene rings is 2. The highest BCUT2D eigenvalue weighted by Crippen LogP contribution is 2.34. The first-order chi connectivity index (χ1) is 26.5. The van der Waals surface area contributed by atoms with Crippen LogP contribution >= 0.6 is 73.3 Å². The van der Waals surface area contributed by atoms with Crippen LogP contribution in [0.5, 0.6) is 23.0 Å². The van der Waals surface area contributed by atoms with Gasteiger partial charge in [-0.2, -0.15) is 0 Å². The molecule has 18 nitrogen and oxygen atoms in total. The molecule has 3 rings (SSSR count). The van der Waals surface area contributed by atoms with Crippen LogP contribution in [0, 0.1) is 0 Å². The summed E-state index contributed by atoms with van der Waals surface area (Å²) in [6.45, 7) is 16.6. The molecule has 2 aromatic carbocycles. The van der Waals surface area contributed by atoms with E-state index < -0.39 is 0 Å². The highest BCUT2D eigenvalue weighted by atomic mass is 32.1. The Bertz CT molecular complexity index is 1340. The van der Waals surface area contributed by atoms with Gasteiger partial charge in [0.15, 0.2) is 53.7 Å². The lowest BCUT2D eigenvalue weighted by Gasteiger charge is -2.22. The first-order valence-electron chi connectivity index (χ1n) is 16.8. The summed E-state index contributed by atoms with van der Waals surface area (Å²) in [5, 5.41) is 0.00000000000000133. The minimum Gasteiger partial charge on any atom is -0.487 e. The highest BCUT2D eigenvalue weighted by molar-refractivity contribution is 7.81. The zero-order chi connectivity index (χ0) is 46.1. The lowest BCUT2D eigenvalue weighted by atomic mass is 9.87. The van der Waals surface area contributed by atoms with Gasteiger partial charge in [0.25, 0.3) is 0 Å². The third kappa shape index (κ3) is 46.1. The SMILES string of the molecule is CC(C)(C)c1ccc2c(c1)OCCOCCOc1cc(C(C)(C)C)ccc1OCCOCCO2.NC(N)=S.NC(N)=S.NC(N)=S.NC(N)=S.NC(N)=S.NC(N)=S. The molecular formula is C34H64N12O6S6. The molecule has 0 atom stereocenters. The van der Waals surface area contributed by atoms with Crippen molar-refractivity contribution in [3.05, 3.63) is 47.5 Å². The van der Waals surface area contributed by atoms with E-state index in [9.17, 15) is 0 Å². The van der Waals surface area contributed by atoms with Crippen LogP contribution in [0.4, 0.5) is 0 Å². The maximum atomic E-state index is 6.03. The van der Waals surface area contributed by atoms with Crippen LogP contribution in [-0.4, -0.2) is 83.5 Å². The average molecular weight is 929 g/mol. The Morgan fingerprint density at radius 3 is 0.741 bits per heavy atom. The number of rotatable bonds is 0. The van der Waals surface area contributed by atoms with Gasteiger partial charge < -0.3 is 97.2 Å². The molecule has 24 heteroatoms. The van der Waals surface area contributed by atoms with Crippen LogP contribution in [-0.2, 0) is 20.3 Å². The second-order valence-electron chi connectivity index (χ2n) is 12.9. The van der Waals surface area contributed by atoms with Crippen molar-refractivity contribution >= 4 is 104 Å². The molecule has 2 aromatic rings. The van der Waals surface area contributed by atoms with E-state index in [0.29, 0.717) is 64.4 Å². The van der Waals surface area contributed by atoms with Crippen LogP contribution < -0.4 is 87.8 Å². The van der Waals surface area contributed by atoms with Gasteiger partial charge in [0.05, 0.1) is 26.4 Å². The summed E-state index contributed by atoms with van der Waals surface area (Å²) in [5.74, 6) is 2.86. The third-order valence-electron chi connectivity index (χ3n) is 5.56. The van der Waals surface area contributed by atoms with Crippen molar-refractivity contribution in [1.82, 2.24) is 0 Å². The van der Waals surface area contributed by atoms with E-state index in [1.807, 2.05) is 12.1 Å². The second-order valence-corrected chi connectivity index (χ2v) is 15.7. The van der Waals surface area contributed by atoms with Gasteiger partial charge in [-0.25, -0.2) is 0 Å². The number of ether oxygens (including phenoxy) is 6. The molecule has 0 fully saturated rings. The van der Waals surface area contributed by atoms with Crippen molar-refractivity contribution in [2.45, 2.75) is 52.4 Å². The molecule has 0 spiro atoms. The molecule has 332 valence electrons. The molecule has 0 aliphatic carbocycles. The van der Waals surface area contributed by atoms with E-state index in [-0.39, 0.29) is 41.5 Å². The standard InChI is InChI=1S/C28H40O6.6CH4N2S/c1-27(2,3)21-7-9-23-25(19-21)33-17-13-30-14-18-34-26-20-22(28(4,5)6)8-10-24(26)32-16-12-29-11-15-31-23;6*2-1(3)4/h7-10,19-20H,11-18H2,1-6H3;6*(H4,2,3,4). The Morgan fingerprint density at radius 1 is 0.362 bits per heavy atom. The number of thiocarbonyl (C=S) groups is 6. The van der Waals surface area contributed by atoms with Crippen LogP contribution in [0.25, 0.3) is 0 Å². The van der Waals surface area contributed by atoms with Gasteiger partial charge >= 0.3 is 0 Å². The Hall–Kier alpha value is -4.30. The van der Waals surface area contributed by atoms with Gasteiger partial charge in [0.2, 0.25) is 0 Å². The Morgan fingerprint density at radius 2 is 0.552 bits per heavy atom. The summed E-state index contributed by atoms with van der Waals surface area (Å²) in [4.78, 5) is 0. The minimum absolute atomic E-state index is 0.000000000000000222. The molecule has 0 saturated carbocycles. The van der Waals surface area contributed by atoms with Gasteiger partial charge in [-0.1, -0.05) is 53.7 Å². The third-order valence-corrected chi connectivity index (χ3v) is 5.56. The van der Waals surface area contributed by atoms with Gasteiger partial charge in [-0.15, -0.1) is 0 Å². The van der Waals surface area contributed by atoms with E-state index in [1.54, 1.807) is 0 Å². The zero-order valence-electron chi connectivity index (χ0n) is 33.9. The van der Waals surface area contributed by atoms with Crippen LogP contribution in [0.15, 0.2) is 36.4 Å². The van der Waals surface area contributed by atoms with E-state index in [1.165, 1.54) is 11.1 Å². The summed E-state index contributed by atoms with van der Waals surface area (Å²) < 4.78 is 35.4. The quantitative estimate of drug-likeness (QED) is 0.162. The number of hydrogen-bond acceptors (Lipinski definition) is 12. The molecule has 0 amide bonds.